The predicted octanol–water partition coefficient (Wildman–Crippen LogP) is 3.07. The molecule has 0 atom stereocenters. The van der Waals surface area contributed by atoms with E-state index in [2.05, 4.69) is 20.9 Å². The quantitative estimate of drug-likeness (QED) is 0.934. The topological polar surface area (TPSA) is 59.2 Å². The van der Waals surface area contributed by atoms with Crippen molar-refractivity contribution >= 4 is 38.9 Å². The second-order valence-electron chi connectivity index (χ2n) is 4.31. The Bertz CT molecular complexity index is 612. The van der Waals surface area contributed by atoms with E-state index >= 15 is 0 Å². The molecule has 0 unspecified atom stereocenters. The summed E-state index contributed by atoms with van der Waals surface area (Å²) in [6.07, 6.45) is 1.54. The standard InChI is InChI=1S/C13H14BrN3OS/c1-8-3-12(15)11(5-16-8)13(18)17(2)6-10-4-9(14)7-19-10/h3-5,7H,6H2,1-2H3,(H2,15,16). The summed E-state index contributed by atoms with van der Waals surface area (Å²) in [5.74, 6) is -0.116. The first-order chi connectivity index (χ1) is 8.97. The van der Waals surface area contributed by atoms with Gasteiger partial charge in [0.2, 0.25) is 0 Å². The van der Waals surface area contributed by atoms with Crippen LogP contribution in [0.15, 0.2) is 28.2 Å². The number of halogens is 1. The molecule has 2 aromatic heterocycles. The van der Waals surface area contributed by atoms with Crippen molar-refractivity contribution in [3.8, 4) is 0 Å². The predicted molar refractivity (Wildman–Crippen MR) is 81.2 cm³/mol. The number of hydrogen-bond acceptors (Lipinski definition) is 4. The van der Waals surface area contributed by atoms with Crippen molar-refractivity contribution in [2.45, 2.75) is 13.5 Å². The number of hydrogen-bond donors (Lipinski definition) is 1. The number of rotatable bonds is 3. The first kappa shape index (κ1) is 14.0. The minimum Gasteiger partial charge on any atom is -0.398 e. The molecule has 2 aromatic rings. The summed E-state index contributed by atoms with van der Waals surface area (Å²) >= 11 is 5.01. The Morgan fingerprint density at radius 3 is 2.84 bits per heavy atom. The Morgan fingerprint density at radius 2 is 2.26 bits per heavy atom. The number of nitrogens with two attached hydrogens (primary N) is 1. The highest BCUT2D eigenvalue weighted by molar-refractivity contribution is 9.10. The number of anilines is 1. The molecular formula is C13H14BrN3OS. The second kappa shape index (κ2) is 5.71. The van der Waals surface area contributed by atoms with Crippen LogP contribution in [0.25, 0.3) is 0 Å². The number of thiophene rings is 1. The molecule has 6 heteroatoms. The number of carbonyl (C=O) groups excluding carboxylic acids is 1. The van der Waals surface area contributed by atoms with Crippen molar-refractivity contribution in [2.24, 2.45) is 0 Å². The van der Waals surface area contributed by atoms with Crippen LogP contribution in [0.3, 0.4) is 0 Å². The Kier molecular flexibility index (Phi) is 4.21. The first-order valence-electron chi connectivity index (χ1n) is 5.68. The number of nitrogen functional groups attached to an aromatic ring is 1. The van der Waals surface area contributed by atoms with Gasteiger partial charge in [0.25, 0.3) is 5.91 Å². The number of pyridine rings is 1. The van der Waals surface area contributed by atoms with Crippen LogP contribution in [-0.2, 0) is 6.54 Å². The lowest BCUT2D eigenvalue weighted by atomic mass is 10.2. The third-order valence-electron chi connectivity index (χ3n) is 2.66. The molecule has 2 N–H and O–H groups in total. The summed E-state index contributed by atoms with van der Waals surface area (Å²) in [5, 5.41) is 2.00. The van der Waals surface area contributed by atoms with E-state index in [1.165, 1.54) is 6.20 Å². The zero-order chi connectivity index (χ0) is 14.0. The molecule has 100 valence electrons. The Balaban J connectivity index is 2.14. The molecule has 0 aliphatic carbocycles. The van der Waals surface area contributed by atoms with Crippen molar-refractivity contribution in [1.82, 2.24) is 9.88 Å². The summed E-state index contributed by atoms with van der Waals surface area (Å²) in [4.78, 5) is 19.2. The average Bonchev–Trinajstić information content (AvgIpc) is 2.74. The lowest BCUT2D eigenvalue weighted by molar-refractivity contribution is 0.0787. The third kappa shape index (κ3) is 3.33. The molecule has 1 amide bonds. The van der Waals surface area contributed by atoms with E-state index in [1.807, 2.05) is 18.4 Å². The summed E-state index contributed by atoms with van der Waals surface area (Å²) in [6, 6.07) is 3.72. The zero-order valence-corrected chi connectivity index (χ0v) is 13.1. The SMILES string of the molecule is Cc1cc(N)c(C(=O)N(C)Cc2cc(Br)cs2)cn1. The normalized spacial score (nSPS) is 10.5. The van der Waals surface area contributed by atoms with Gasteiger partial charge < -0.3 is 10.6 Å². The van der Waals surface area contributed by atoms with Crippen LogP contribution in [0, 0.1) is 6.92 Å². The van der Waals surface area contributed by atoms with Crippen molar-refractivity contribution in [3.05, 3.63) is 44.3 Å². The van der Waals surface area contributed by atoms with Crippen molar-refractivity contribution in [2.75, 3.05) is 12.8 Å². The lowest BCUT2D eigenvalue weighted by Gasteiger charge is -2.17. The highest BCUT2D eigenvalue weighted by atomic mass is 79.9. The highest BCUT2D eigenvalue weighted by Crippen LogP contribution is 2.22. The Labute approximate surface area is 124 Å². The summed E-state index contributed by atoms with van der Waals surface area (Å²) in [6.45, 7) is 2.40. The van der Waals surface area contributed by atoms with Gasteiger partial charge in [0.05, 0.1) is 12.1 Å². The number of amides is 1. The summed E-state index contributed by atoms with van der Waals surface area (Å²) < 4.78 is 1.03. The molecule has 0 saturated carbocycles. The largest absolute Gasteiger partial charge is 0.398 e. The van der Waals surface area contributed by atoms with Crippen molar-refractivity contribution in [3.63, 3.8) is 0 Å². The molecule has 0 fully saturated rings. The van der Waals surface area contributed by atoms with E-state index in [1.54, 1.807) is 29.4 Å². The van der Waals surface area contributed by atoms with Crippen LogP contribution in [-0.4, -0.2) is 22.8 Å². The van der Waals surface area contributed by atoms with Gasteiger partial charge in [-0.2, -0.15) is 0 Å². The van der Waals surface area contributed by atoms with E-state index in [0.29, 0.717) is 17.8 Å². The highest BCUT2D eigenvalue weighted by Gasteiger charge is 2.16. The van der Waals surface area contributed by atoms with Gasteiger partial charge in [-0.05, 0) is 35.0 Å². The summed E-state index contributed by atoms with van der Waals surface area (Å²) in [7, 11) is 1.76. The molecule has 2 rings (SSSR count). The molecule has 0 spiro atoms. The van der Waals surface area contributed by atoms with Crippen LogP contribution < -0.4 is 5.73 Å². The van der Waals surface area contributed by atoms with E-state index in [0.717, 1.165) is 15.0 Å². The van der Waals surface area contributed by atoms with Crippen LogP contribution in [0.2, 0.25) is 0 Å². The molecule has 0 aromatic carbocycles. The monoisotopic (exact) mass is 339 g/mol. The first-order valence-corrected chi connectivity index (χ1v) is 7.35. The fraction of sp³-hybridized carbons (Fsp3) is 0.231. The van der Waals surface area contributed by atoms with Crippen molar-refractivity contribution < 1.29 is 4.79 Å². The Morgan fingerprint density at radius 1 is 1.53 bits per heavy atom. The zero-order valence-electron chi connectivity index (χ0n) is 10.7. The van der Waals surface area contributed by atoms with Crippen LogP contribution in [0.5, 0.6) is 0 Å². The molecule has 0 bridgehead atoms. The second-order valence-corrected chi connectivity index (χ2v) is 6.22. The van der Waals surface area contributed by atoms with Crippen molar-refractivity contribution in [1.29, 1.82) is 0 Å². The smallest absolute Gasteiger partial charge is 0.257 e. The molecule has 0 saturated heterocycles. The molecule has 19 heavy (non-hydrogen) atoms. The van der Waals surface area contributed by atoms with Gasteiger partial charge in [0.15, 0.2) is 0 Å². The van der Waals surface area contributed by atoms with Gasteiger partial charge >= 0.3 is 0 Å². The summed E-state index contributed by atoms with van der Waals surface area (Å²) in [5.41, 5.74) is 7.59. The fourth-order valence-corrected chi connectivity index (χ4v) is 3.21. The van der Waals surface area contributed by atoms with Gasteiger partial charge in [-0.1, -0.05) is 0 Å². The maximum atomic E-state index is 12.3. The maximum Gasteiger partial charge on any atom is 0.257 e. The number of carbonyl (C=O) groups is 1. The third-order valence-corrected chi connectivity index (χ3v) is 4.35. The van der Waals surface area contributed by atoms with Gasteiger partial charge in [0, 0.05) is 39.4 Å². The van der Waals surface area contributed by atoms with Gasteiger partial charge in [-0.3, -0.25) is 9.78 Å². The number of aromatic nitrogens is 1. The van der Waals surface area contributed by atoms with Crippen LogP contribution >= 0.6 is 27.3 Å². The van der Waals surface area contributed by atoms with Gasteiger partial charge in [-0.15, -0.1) is 11.3 Å². The molecular weight excluding hydrogens is 326 g/mol. The molecule has 2 heterocycles. The fourth-order valence-electron chi connectivity index (χ4n) is 1.71. The van der Waals surface area contributed by atoms with E-state index in [-0.39, 0.29) is 5.91 Å². The minimum atomic E-state index is -0.116. The minimum absolute atomic E-state index is 0.116. The molecule has 0 aliphatic heterocycles. The molecule has 0 aliphatic rings. The maximum absolute atomic E-state index is 12.3. The van der Waals surface area contributed by atoms with E-state index < -0.39 is 0 Å². The number of aryl methyl sites for hydroxylation is 1. The van der Waals surface area contributed by atoms with Gasteiger partial charge in [-0.25, -0.2) is 0 Å². The lowest BCUT2D eigenvalue weighted by Crippen LogP contribution is -2.26. The number of nitrogens with zero attached hydrogens (tertiary/aromatic N) is 2. The van der Waals surface area contributed by atoms with Crippen LogP contribution in [0.4, 0.5) is 5.69 Å². The molecule has 4 nitrogen and oxygen atoms in total. The Hall–Kier alpha value is -1.40. The van der Waals surface area contributed by atoms with E-state index in [9.17, 15) is 4.79 Å². The van der Waals surface area contributed by atoms with Crippen LogP contribution in [0.1, 0.15) is 20.9 Å². The average molecular weight is 340 g/mol. The molecule has 0 radical (unpaired) electrons. The van der Waals surface area contributed by atoms with Gasteiger partial charge in [0.1, 0.15) is 0 Å². The van der Waals surface area contributed by atoms with E-state index in [4.69, 9.17) is 5.73 Å².